The number of alkyl halides is 3. The summed E-state index contributed by atoms with van der Waals surface area (Å²) in [4.78, 5) is 35.7. The molecule has 0 radical (unpaired) electrons. The number of nitrogens with one attached hydrogen (secondary N) is 2. The third-order valence-corrected chi connectivity index (χ3v) is 17.9. The second-order valence-corrected chi connectivity index (χ2v) is 27.2. The van der Waals surface area contributed by atoms with Gasteiger partial charge in [0.25, 0.3) is 25.8 Å². The molecule has 0 aromatic heterocycles. The Kier molecular flexibility index (Phi) is 19.2. The molecule has 0 saturated carbocycles. The largest absolute Gasteiger partial charge is 0.501 e. The second kappa shape index (κ2) is 24.0. The number of benzene rings is 5. The Labute approximate surface area is 447 Å². The fraction of sp³-hybridized carbons (Fsp3) is 0.415. The van der Waals surface area contributed by atoms with E-state index < -0.39 is 89.7 Å². The van der Waals surface area contributed by atoms with E-state index in [1.807, 2.05) is 78.9 Å². The highest BCUT2D eigenvalue weighted by Crippen LogP contribution is 2.47. The van der Waals surface area contributed by atoms with Gasteiger partial charge in [0.2, 0.25) is 0 Å². The fourth-order valence-corrected chi connectivity index (χ4v) is 13.3. The molecule has 0 bridgehead atoms. The number of hydrogen-bond acceptors (Lipinski definition) is 12. The molecular weight excluding hydrogens is 1070 g/mol. The van der Waals surface area contributed by atoms with E-state index in [-0.39, 0.29) is 30.2 Å². The zero-order valence-corrected chi connectivity index (χ0v) is 46.8. The summed E-state index contributed by atoms with van der Waals surface area (Å²) in [5, 5.41) is 15.1. The molecular formula is C53H65ClF3N4O10PS3. The van der Waals surface area contributed by atoms with Crippen LogP contribution in [0, 0.1) is 16.7 Å². The van der Waals surface area contributed by atoms with Crippen LogP contribution < -0.4 is 14.9 Å². The number of amides is 1. The lowest BCUT2D eigenvalue weighted by atomic mass is 9.73. The van der Waals surface area contributed by atoms with Gasteiger partial charge in [-0.15, -0.1) is 11.8 Å². The van der Waals surface area contributed by atoms with Gasteiger partial charge in [-0.1, -0.05) is 108 Å². The highest BCUT2D eigenvalue weighted by molar-refractivity contribution is 7.99. The van der Waals surface area contributed by atoms with Gasteiger partial charge in [-0.2, -0.15) is 13.2 Å². The molecule has 1 amide bonds. The number of hydrogen-bond donors (Lipinski definition) is 5. The van der Waals surface area contributed by atoms with Crippen molar-refractivity contribution in [3.8, 4) is 11.1 Å². The normalized spacial score (nSPS) is 16.1. The van der Waals surface area contributed by atoms with Gasteiger partial charge in [-0.3, -0.25) is 9.32 Å². The minimum atomic E-state index is -6.22. The first kappa shape index (κ1) is 59.8. The average Bonchev–Trinajstić information content (AvgIpc) is 3.33. The molecule has 1 saturated heterocycles. The zero-order chi connectivity index (χ0) is 55.3. The van der Waals surface area contributed by atoms with Crippen LogP contribution in [0.1, 0.15) is 82.8 Å². The number of nitrogens with zero attached hydrogens (tertiary/aromatic N) is 2. The van der Waals surface area contributed by atoms with E-state index >= 15 is 0 Å². The first-order chi connectivity index (χ1) is 34.9. The molecule has 1 heterocycles. The number of anilines is 2. The molecule has 5 aromatic carbocycles. The Bertz CT molecular complexity index is 3020. The molecule has 5 aromatic rings. The average molecular weight is 1140 g/mol. The van der Waals surface area contributed by atoms with Crippen LogP contribution >= 0.6 is 31.2 Å². The summed E-state index contributed by atoms with van der Waals surface area (Å²) in [6, 6.07) is 31.0. The maximum absolute atomic E-state index is 14.5. The standard InChI is InChI=1S/C53H65ClF3N4O10PS3/c1-51(2,3)48(49(52(4,5)6)71-72(64,65)66)60(7)30-29-39(34-73-41-13-9-8-10-14-41)58-45-26-25-42(33-46(45)74(67,68)53(55,56)57)75(69,70)59-50(63)37-19-23-40(24-20-37)61-31-27-36(28-32-61)47(62)44-16-12-11-15-43(44)35-17-21-38(54)22-18-35/h8-26,33,36,39,47-49,58,62H,27-32,34H2,1-7H3,(H,59,63)(H2,64,65,66)/t39?,47-,48?,49?/m1/s1. The van der Waals surface area contributed by atoms with Crippen molar-refractivity contribution >= 4 is 68.3 Å². The summed E-state index contributed by atoms with van der Waals surface area (Å²) < 4.78 is 117. The lowest BCUT2D eigenvalue weighted by Gasteiger charge is -2.47. The molecule has 3 unspecified atom stereocenters. The van der Waals surface area contributed by atoms with Gasteiger partial charge >= 0.3 is 13.3 Å². The number of aliphatic hydroxyl groups is 1. The number of carbonyl (C=O) groups is 1. The van der Waals surface area contributed by atoms with Crippen LogP contribution in [0.4, 0.5) is 24.5 Å². The summed E-state index contributed by atoms with van der Waals surface area (Å²) in [6.07, 6.45) is -0.281. The van der Waals surface area contributed by atoms with Crippen LogP contribution in [0.2, 0.25) is 5.02 Å². The number of sulfonamides is 1. The number of phosphoric acid groups is 1. The first-order valence-electron chi connectivity index (χ1n) is 24.1. The van der Waals surface area contributed by atoms with Gasteiger partial charge in [0.15, 0.2) is 0 Å². The summed E-state index contributed by atoms with van der Waals surface area (Å²) in [5.41, 5.74) is -4.50. The second-order valence-electron chi connectivity index (χ2n) is 20.9. The molecule has 0 aliphatic carbocycles. The van der Waals surface area contributed by atoms with Crippen molar-refractivity contribution in [1.82, 2.24) is 9.62 Å². The highest BCUT2D eigenvalue weighted by atomic mass is 35.5. The van der Waals surface area contributed by atoms with Gasteiger partial charge in [-0.25, -0.2) is 26.1 Å². The van der Waals surface area contributed by atoms with Gasteiger partial charge in [0, 0.05) is 58.6 Å². The molecule has 75 heavy (non-hydrogen) atoms. The number of halogens is 4. The first-order valence-corrected chi connectivity index (χ1v) is 30.0. The van der Waals surface area contributed by atoms with Gasteiger partial charge in [0.05, 0.1) is 22.8 Å². The fourth-order valence-electron chi connectivity index (χ4n) is 9.39. The maximum atomic E-state index is 14.5. The van der Waals surface area contributed by atoms with Gasteiger partial charge in [0.1, 0.15) is 4.90 Å². The SMILES string of the molecule is CN(CCC(CSc1ccccc1)Nc1ccc(S(=O)(=O)NC(=O)c2ccc(N3CCC([C@@H](O)c4ccccc4-c4ccc(Cl)cc4)CC3)cc2)cc1S(=O)(=O)C(F)(F)F)C(C(OP(=O)(O)O)C(C)(C)C)C(C)(C)C. The summed E-state index contributed by atoms with van der Waals surface area (Å²) >= 11 is 7.44. The summed E-state index contributed by atoms with van der Waals surface area (Å²) in [5.74, 6) is -0.974. The molecule has 1 aliphatic heterocycles. The van der Waals surface area contributed by atoms with E-state index in [1.54, 1.807) is 70.3 Å². The number of sulfone groups is 1. The Hall–Kier alpha value is -4.47. The number of aliphatic hydroxyl groups excluding tert-OH is 1. The molecule has 1 fully saturated rings. The lowest BCUT2D eigenvalue weighted by Crippen LogP contribution is -2.55. The molecule has 14 nitrogen and oxygen atoms in total. The third-order valence-electron chi connectivity index (χ3n) is 13.1. The van der Waals surface area contributed by atoms with Crippen LogP contribution in [0.5, 0.6) is 0 Å². The van der Waals surface area contributed by atoms with Crippen LogP contribution in [-0.2, 0) is 28.9 Å². The highest BCUT2D eigenvalue weighted by Gasteiger charge is 2.49. The Morgan fingerprint density at radius 2 is 1.45 bits per heavy atom. The Morgan fingerprint density at radius 1 is 0.853 bits per heavy atom. The van der Waals surface area contributed by atoms with E-state index in [0.717, 1.165) is 39.4 Å². The van der Waals surface area contributed by atoms with Crippen molar-refractivity contribution in [2.75, 3.05) is 42.7 Å². The summed E-state index contributed by atoms with van der Waals surface area (Å²) in [7, 11) is -14.4. The van der Waals surface area contributed by atoms with Crippen LogP contribution in [0.15, 0.2) is 136 Å². The number of phosphoric ester groups is 1. The van der Waals surface area contributed by atoms with Crippen molar-refractivity contribution in [3.05, 3.63) is 137 Å². The van der Waals surface area contributed by atoms with Crippen LogP contribution in [0.25, 0.3) is 11.1 Å². The lowest BCUT2D eigenvalue weighted by molar-refractivity contribution is -0.0512. The predicted molar refractivity (Wildman–Crippen MR) is 289 cm³/mol. The molecule has 0 spiro atoms. The molecule has 6 rings (SSSR count). The number of carbonyl (C=O) groups excluding carboxylic acids is 1. The quantitative estimate of drug-likeness (QED) is 0.0364. The molecule has 5 N–H and O–H groups in total. The topological polar surface area (TPSA) is 203 Å². The monoisotopic (exact) mass is 1140 g/mol. The number of piperidine rings is 1. The molecule has 4 atom stereocenters. The predicted octanol–water partition coefficient (Wildman–Crippen LogP) is 11.2. The number of rotatable bonds is 20. The van der Waals surface area contributed by atoms with E-state index in [2.05, 4.69) is 10.2 Å². The van der Waals surface area contributed by atoms with Crippen LogP contribution in [0.3, 0.4) is 0 Å². The molecule has 408 valence electrons. The van der Waals surface area contributed by atoms with Crippen molar-refractivity contribution in [2.24, 2.45) is 16.7 Å². The van der Waals surface area contributed by atoms with Gasteiger partial charge in [-0.05, 0) is 126 Å². The van der Waals surface area contributed by atoms with E-state index in [0.29, 0.717) is 37.0 Å². The third kappa shape index (κ3) is 15.6. The Balaban J connectivity index is 1.19. The number of likely N-dealkylation sites (N-methyl/N-ethyl adjacent to an activating group) is 1. The van der Waals surface area contributed by atoms with Crippen molar-refractivity contribution in [1.29, 1.82) is 0 Å². The number of thioether (sulfide) groups is 1. The van der Waals surface area contributed by atoms with Gasteiger partial charge < -0.3 is 30.0 Å². The zero-order valence-electron chi connectivity index (χ0n) is 42.7. The molecule has 1 aliphatic rings. The van der Waals surface area contributed by atoms with Crippen molar-refractivity contribution < 1.29 is 58.8 Å². The minimum absolute atomic E-state index is 0.0469. The Morgan fingerprint density at radius 3 is 2.03 bits per heavy atom. The minimum Gasteiger partial charge on any atom is -0.388 e. The van der Waals surface area contributed by atoms with E-state index in [4.69, 9.17) is 16.1 Å². The summed E-state index contributed by atoms with van der Waals surface area (Å²) in [6.45, 7) is 12.3. The molecule has 22 heteroatoms. The van der Waals surface area contributed by atoms with Crippen LogP contribution in [-0.4, -0.2) is 98.7 Å². The van der Waals surface area contributed by atoms with Crippen molar-refractivity contribution in [2.45, 2.75) is 105 Å². The smallest absolute Gasteiger partial charge is 0.388 e. The maximum Gasteiger partial charge on any atom is 0.501 e. The van der Waals surface area contributed by atoms with Crippen molar-refractivity contribution in [3.63, 3.8) is 0 Å². The van der Waals surface area contributed by atoms with E-state index in [9.17, 15) is 54.3 Å². The van der Waals surface area contributed by atoms with E-state index in [1.165, 1.54) is 23.9 Å².